The SMILES string of the molecule is COc1cc(C)c(S(=O)(=O)N2CCCCC2CCC(=O)N2CCc3onc(-c4ccncc4)c3C2)c(C)c1. The molecule has 5 rings (SSSR count). The largest absolute Gasteiger partial charge is 0.497 e. The Hall–Kier alpha value is -3.24. The minimum Gasteiger partial charge on any atom is -0.497 e. The molecule has 10 heteroatoms. The van der Waals surface area contributed by atoms with E-state index >= 15 is 0 Å². The topological polar surface area (TPSA) is 106 Å². The van der Waals surface area contributed by atoms with Crippen molar-refractivity contribution in [3.05, 3.63) is 59.1 Å². The number of aromatic nitrogens is 2. The summed E-state index contributed by atoms with van der Waals surface area (Å²) in [6, 6.07) is 7.07. The zero-order valence-electron chi connectivity index (χ0n) is 22.1. The number of fused-ring (bicyclic) bond motifs is 1. The summed E-state index contributed by atoms with van der Waals surface area (Å²) in [5.41, 5.74) is 3.93. The molecule has 2 aliphatic heterocycles. The van der Waals surface area contributed by atoms with Gasteiger partial charge in [0, 0.05) is 55.5 Å². The first-order valence-corrected chi connectivity index (χ1v) is 14.6. The third kappa shape index (κ3) is 5.07. The van der Waals surface area contributed by atoms with E-state index in [0.29, 0.717) is 60.7 Å². The predicted molar refractivity (Wildman–Crippen MR) is 142 cm³/mol. The highest BCUT2D eigenvalue weighted by Crippen LogP contribution is 2.34. The summed E-state index contributed by atoms with van der Waals surface area (Å²) in [5, 5.41) is 4.25. The molecule has 0 spiro atoms. The first-order chi connectivity index (χ1) is 18.3. The lowest BCUT2D eigenvalue weighted by molar-refractivity contribution is -0.132. The second-order valence-corrected chi connectivity index (χ2v) is 12.0. The summed E-state index contributed by atoms with van der Waals surface area (Å²) in [7, 11) is -2.14. The van der Waals surface area contributed by atoms with Crippen molar-refractivity contribution < 1.29 is 22.5 Å². The lowest BCUT2D eigenvalue weighted by Crippen LogP contribution is -2.45. The predicted octanol–water partition coefficient (Wildman–Crippen LogP) is 4.27. The molecule has 9 nitrogen and oxygen atoms in total. The number of carbonyl (C=O) groups is 1. The Morgan fingerprint density at radius 3 is 2.58 bits per heavy atom. The summed E-state index contributed by atoms with van der Waals surface area (Å²) < 4.78 is 40.2. The number of ether oxygens (including phenoxy) is 1. The normalized spacial score (nSPS) is 18.3. The van der Waals surface area contributed by atoms with E-state index in [9.17, 15) is 13.2 Å². The number of aryl methyl sites for hydroxylation is 2. The fourth-order valence-electron chi connectivity index (χ4n) is 5.74. The Kier molecular flexibility index (Phi) is 7.54. The van der Waals surface area contributed by atoms with Gasteiger partial charge in [0.2, 0.25) is 15.9 Å². The first-order valence-electron chi connectivity index (χ1n) is 13.1. The Morgan fingerprint density at radius 2 is 1.87 bits per heavy atom. The van der Waals surface area contributed by atoms with Gasteiger partial charge in [0.1, 0.15) is 17.2 Å². The number of nitrogens with zero attached hydrogens (tertiary/aromatic N) is 4. The average Bonchev–Trinajstić information content (AvgIpc) is 3.35. The quantitative estimate of drug-likeness (QED) is 0.442. The van der Waals surface area contributed by atoms with Crippen molar-refractivity contribution in [3.63, 3.8) is 0 Å². The number of piperidine rings is 1. The number of hydrogen-bond donors (Lipinski definition) is 0. The number of amides is 1. The molecule has 1 saturated heterocycles. The summed E-state index contributed by atoms with van der Waals surface area (Å²) in [6.45, 7) is 5.08. The van der Waals surface area contributed by atoms with Crippen LogP contribution in [0.5, 0.6) is 5.75 Å². The molecule has 3 aromatic rings. The van der Waals surface area contributed by atoms with Crippen LogP contribution >= 0.6 is 0 Å². The van der Waals surface area contributed by atoms with Crippen molar-refractivity contribution in [3.8, 4) is 17.0 Å². The van der Waals surface area contributed by atoms with Gasteiger partial charge in [0.15, 0.2) is 0 Å². The van der Waals surface area contributed by atoms with E-state index in [1.165, 1.54) is 0 Å². The van der Waals surface area contributed by atoms with E-state index in [1.807, 2.05) is 17.0 Å². The van der Waals surface area contributed by atoms with Crippen LogP contribution in [0.25, 0.3) is 11.3 Å². The standard InChI is InChI=1S/C28H34N4O5S/c1-19-16-23(36-3)17-20(2)28(19)38(34,35)32-14-5-4-6-22(32)7-8-26(33)31-15-11-25-24(18-31)27(30-37-25)21-9-12-29-13-10-21/h9-10,12-13,16-17,22H,4-8,11,14-15,18H2,1-3H3. The summed E-state index contributed by atoms with van der Waals surface area (Å²) in [5.74, 6) is 1.48. The van der Waals surface area contributed by atoms with Gasteiger partial charge in [-0.15, -0.1) is 0 Å². The van der Waals surface area contributed by atoms with Gasteiger partial charge in [0.25, 0.3) is 0 Å². The molecule has 1 fully saturated rings. The zero-order chi connectivity index (χ0) is 26.9. The molecule has 0 bridgehead atoms. The summed E-state index contributed by atoms with van der Waals surface area (Å²) in [4.78, 5) is 19.6. The number of rotatable bonds is 7. The third-order valence-corrected chi connectivity index (χ3v) is 9.89. The van der Waals surface area contributed by atoms with Crippen LogP contribution in [-0.4, -0.2) is 59.9 Å². The molecule has 0 N–H and O–H groups in total. The number of hydrogen-bond acceptors (Lipinski definition) is 7. The molecule has 0 radical (unpaired) electrons. The molecular weight excluding hydrogens is 504 g/mol. The van der Waals surface area contributed by atoms with E-state index in [2.05, 4.69) is 10.1 Å². The molecule has 1 atom stereocenters. The van der Waals surface area contributed by atoms with Crippen molar-refractivity contribution in [1.29, 1.82) is 0 Å². The Bertz CT molecular complexity index is 1400. The molecule has 1 aromatic carbocycles. The minimum atomic E-state index is -3.71. The number of benzene rings is 1. The monoisotopic (exact) mass is 538 g/mol. The number of methoxy groups -OCH3 is 1. The fourth-order valence-corrected chi connectivity index (χ4v) is 7.88. The van der Waals surface area contributed by atoms with E-state index < -0.39 is 10.0 Å². The molecule has 2 aliphatic rings. The molecule has 202 valence electrons. The van der Waals surface area contributed by atoms with E-state index in [-0.39, 0.29) is 11.9 Å². The van der Waals surface area contributed by atoms with Crippen LogP contribution in [0.15, 0.2) is 46.1 Å². The molecule has 2 aromatic heterocycles. The minimum absolute atomic E-state index is 0.0252. The van der Waals surface area contributed by atoms with Crippen LogP contribution in [0.2, 0.25) is 0 Å². The number of pyridine rings is 1. The van der Waals surface area contributed by atoms with Crippen molar-refractivity contribution in [2.24, 2.45) is 0 Å². The Labute approximate surface area is 223 Å². The second kappa shape index (κ2) is 10.9. The smallest absolute Gasteiger partial charge is 0.243 e. The fraction of sp³-hybridized carbons (Fsp3) is 0.464. The zero-order valence-corrected chi connectivity index (χ0v) is 23.0. The summed E-state index contributed by atoms with van der Waals surface area (Å²) in [6.07, 6.45) is 7.34. The average molecular weight is 539 g/mol. The highest BCUT2D eigenvalue weighted by Gasteiger charge is 2.36. The molecule has 1 unspecified atom stereocenters. The van der Waals surface area contributed by atoms with Gasteiger partial charge >= 0.3 is 0 Å². The van der Waals surface area contributed by atoms with Crippen LogP contribution in [-0.2, 0) is 27.8 Å². The second-order valence-electron chi connectivity index (χ2n) is 10.1. The van der Waals surface area contributed by atoms with E-state index in [4.69, 9.17) is 9.26 Å². The number of sulfonamides is 1. The van der Waals surface area contributed by atoms with Crippen LogP contribution in [0.1, 0.15) is 54.6 Å². The van der Waals surface area contributed by atoms with Gasteiger partial charge in [0.05, 0.1) is 18.6 Å². The van der Waals surface area contributed by atoms with Crippen LogP contribution < -0.4 is 4.74 Å². The van der Waals surface area contributed by atoms with Crippen LogP contribution in [0.3, 0.4) is 0 Å². The van der Waals surface area contributed by atoms with Gasteiger partial charge in [-0.25, -0.2) is 8.42 Å². The molecular formula is C28H34N4O5S. The van der Waals surface area contributed by atoms with Crippen molar-refractivity contribution in [2.45, 2.75) is 69.9 Å². The highest BCUT2D eigenvalue weighted by molar-refractivity contribution is 7.89. The number of carbonyl (C=O) groups excluding carboxylic acids is 1. The molecule has 1 amide bonds. The van der Waals surface area contributed by atoms with E-state index in [0.717, 1.165) is 41.8 Å². The van der Waals surface area contributed by atoms with Crippen molar-refractivity contribution in [2.75, 3.05) is 20.2 Å². The maximum absolute atomic E-state index is 13.8. The van der Waals surface area contributed by atoms with Gasteiger partial charge < -0.3 is 14.2 Å². The molecule has 38 heavy (non-hydrogen) atoms. The van der Waals surface area contributed by atoms with E-state index in [1.54, 1.807) is 49.8 Å². The van der Waals surface area contributed by atoms with Crippen LogP contribution in [0.4, 0.5) is 0 Å². The first kappa shape index (κ1) is 26.4. The third-order valence-electron chi connectivity index (χ3n) is 7.63. The molecule has 0 aliphatic carbocycles. The van der Waals surface area contributed by atoms with Gasteiger partial charge in [-0.1, -0.05) is 11.6 Å². The highest BCUT2D eigenvalue weighted by atomic mass is 32.2. The lowest BCUT2D eigenvalue weighted by atomic mass is 9.99. The Morgan fingerprint density at radius 1 is 1.13 bits per heavy atom. The lowest BCUT2D eigenvalue weighted by Gasteiger charge is -2.36. The maximum atomic E-state index is 13.8. The maximum Gasteiger partial charge on any atom is 0.243 e. The van der Waals surface area contributed by atoms with Crippen molar-refractivity contribution in [1.82, 2.24) is 19.3 Å². The van der Waals surface area contributed by atoms with Gasteiger partial charge in [-0.3, -0.25) is 9.78 Å². The van der Waals surface area contributed by atoms with Gasteiger partial charge in [-0.2, -0.15) is 4.31 Å². The molecule has 4 heterocycles. The van der Waals surface area contributed by atoms with Crippen LogP contribution in [0, 0.1) is 13.8 Å². The summed E-state index contributed by atoms with van der Waals surface area (Å²) >= 11 is 0. The molecule has 0 saturated carbocycles. The van der Waals surface area contributed by atoms with Gasteiger partial charge in [-0.05, 0) is 68.5 Å². The Balaban J connectivity index is 1.29. The van der Waals surface area contributed by atoms with Crippen molar-refractivity contribution >= 4 is 15.9 Å².